The van der Waals surface area contributed by atoms with Crippen LogP contribution in [-0.4, -0.2) is 30.7 Å². The molecule has 1 aromatic rings. The molecular formula is C15H25N3O. The summed E-state index contributed by atoms with van der Waals surface area (Å²) in [5, 5.41) is 16.5. The first-order valence-electron chi connectivity index (χ1n) is 6.94. The molecule has 0 saturated heterocycles. The number of aliphatic imine (C=N–C) groups is 1. The van der Waals surface area contributed by atoms with Crippen LogP contribution in [0.1, 0.15) is 37.5 Å². The van der Waals surface area contributed by atoms with Gasteiger partial charge in [-0.1, -0.05) is 36.8 Å². The lowest BCUT2D eigenvalue weighted by Gasteiger charge is -2.13. The molecule has 0 spiro atoms. The van der Waals surface area contributed by atoms with Gasteiger partial charge >= 0.3 is 0 Å². The number of aryl methyl sites for hydroxylation is 1. The molecule has 0 aliphatic heterocycles. The Morgan fingerprint density at radius 3 is 2.47 bits per heavy atom. The van der Waals surface area contributed by atoms with Crippen molar-refractivity contribution >= 4 is 5.96 Å². The second-order valence-electron chi connectivity index (χ2n) is 4.57. The fourth-order valence-corrected chi connectivity index (χ4v) is 1.66. The molecule has 4 heteroatoms. The normalized spacial score (nSPS) is 13.2. The summed E-state index contributed by atoms with van der Waals surface area (Å²) in [5.41, 5.74) is 2.10. The van der Waals surface area contributed by atoms with Crippen LogP contribution in [-0.2, 0) is 0 Å². The van der Waals surface area contributed by atoms with E-state index in [1.165, 1.54) is 5.56 Å². The van der Waals surface area contributed by atoms with Crippen molar-refractivity contribution in [1.82, 2.24) is 10.6 Å². The maximum Gasteiger partial charge on any atom is 0.191 e. The number of aliphatic hydroxyl groups excluding tert-OH is 1. The zero-order chi connectivity index (χ0) is 14.1. The monoisotopic (exact) mass is 263 g/mol. The summed E-state index contributed by atoms with van der Waals surface area (Å²) in [7, 11) is 0. The SMILES string of the molecule is CCCNC(=NCC(O)c1ccc(C)cc1)NCC. The summed E-state index contributed by atoms with van der Waals surface area (Å²) in [6.45, 7) is 8.23. The Hall–Kier alpha value is -1.55. The molecule has 0 aliphatic rings. The number of hydrogen-bond acceptors (Lipinski definition) is 2. The van der Waals surface area contributed by atoms with Gasteiger partial charge in [-0.05, 0) is 25.8 Å². The molecule has 0 amide bonds. The lowest BCUT2D eigenvalue weighted by atomic mass is 10.1. The molecule has 0 radical (unpaired) electrons. The number of rotatable bonds is 6. The number of aliphatic hydroxyl groups is 1. The highest BCUT2D eigenvalue weighted by Crippen LogP contribution is 2.13. The van der Waals surface area contributed by atoms with Crippen LogP contribution in [0.4, 0.5) is 0 Å². The van der Waals surface area contributed by atoms with Gasteiger partial charge in [-0.15, -0.1) is 0 Å². The van der Waals surface area contributed by atoms with Gasteiger partial charge in [0.05, 0.1) is 12.6 Å². The molecule has 4 nitrogen and oxygen atoms in total. The van der Waals surface area contributed by atoms with E-state index in [1.54, 1.807) is 0 Å². The Labute approximate surface area is 116 Å². The number of hydrogen-bond donors (Lipinski definition) is 3. The first kappa shape index (κ1) is 15.5. The molecular weight excluding hydrogens is 238 g/mol. The maximum atomic E-state index is 10.1. The van der Waals surface area contributed by atoms with Crippen LogP contribution in [0.3, 0.4) is 0 Å². The zero-order valence-corrected chi connectivity index (χ0v) is 12.1. The van der Waals surface area contributed by atoms with Crippen LogP contribution < -0.4 is 10.6 Å². The van der Waals surface area contributed by atoms with Gasteiger partial charge in [0.25, 0.3) is 0 Å². The Morgan fingerprint density at radius 2 is 1.89 bits per heavy atom. The minimum atomic E-state index is -0.558. The molecule has 1 unspecified atom stereocenters. The predicted octanol–water partition coefficient (Wildman–Crippen LogP) is 1.99. The molecule has 0 aliphatic carbocycles. The van der Waals surface area contributed by atoms with Crippen molar-refractivity contribution in [2.45, 2.75) is 33.3 Å². The van der Waals surface area contributed by atoms with Crippen LogP contribution in [0, 0.1) is 6.92 Å². The highest BCUT2D eigenvalue weighted by atomic mass is 16.3. The largest absolute Gasteiger partial charge is 0.386 e. The van der Waals surface area contributed by atoms with Crippen molar-refractivity contribution in [2.75, 3.05) is 19.6 Å². The summed E-state index contributed by atoms with van der Waals surface area (Å²) in [6.07, 6.45) is 0.489. The quantitative estimate of drug-likeness (QED) is 0.543. The van der Waals surface area contributed by atoms with E-state index < -0.39 is 6.10 Å². The fraction of sp³-hybridized carbons (Fsp3) is 0.533. The van der Waals surface area contributed by atoms with Gasteiger partial charge in [0.2, 0.25) is 0 Å². The van der Waals surface area contributed by atoms with Gasteiger partial charge in [0, 0.05) is 13.1 Å². The molecule has 0 aromatic heterocycles. The van der Waals surface area contributed by atoms with Gasteiger partial charge in [0.1, 0.15) is 0 Å². The first-order valence-corrected chi connectivity index (χ1v) is 6.94. The van der Waals surface area contributed by atoms with Crippen molar-refractivity contribution in [2.24, 2.45) is 4.99 Å². The van der Waals surface area contributed by atoms with Crippen LogP contribution in [0.2, 0.25) is 0 Å². The second-order valence-corrected chi connectivity index (χ2v) is 4.57. The molecule has 0 bridgehead atoms. The van der Waals surface area contributed by atoms with E-state index in [-0.39, 0.29) is 0 Å². The number of nitrogens with zero attached hydrogens (tertiary/aromatic N) is 1. The van der Waals surface area contributed by atoms with Gasteiger partial charge in [-0.3, -0.25) is 4.99 Å². The van der Waals surface area contributed by atoms with E-state index in [2.05, 4.69) is 22.5 Å². The zero-order valence-electron chi connectivity index (χ0n) is 12.1. The lowest BCUT2D eigenvalue weighted by molar-refractivity contribution is 0.187. The van der Waals surface area contributed by atoms with Gasteiger partial charge < -0.3 is 15.7 Å². The molecule has 0 saturated carbocycles. The topological polar surface area (TPSA) is 56.7 Å². The molecule has 106 valence electrons. The highest BCUT2D eigenvalue weighted by molar-refractivity contribution is 5.79. The van der Waals surface area contributed by atoms with Crippen molar-refractivity contribution in [1.29, 1.82) is 0 Å². The number of guanidine groups is 1. The number of nitrogens with one attached hydrogen (secondary N) is 2. The third kappa shape index (κ3) is 5.75. The lowest BCUT2D eigenvalue weighted by Crippen LogP contribution is -2.37. The molecule has 0 fully saturated rings. The Balaban J connectivity index is 2.57. The summed E-state index contributed by atoms with van der Waals surface area (Å²) >= 11 is 0. The summed E-state index contributed by atoms with van der Waals surface area (Å²) in [6, 6.07) is 7.90. The Bertz CT molecular complexity index is 387. The van der Waals surface area contributed by atoms with Crippen molar-refractivity contribution in [3.8, 4) is 0 Å². The maximum absolute atomic E-state index is 10.1. The summed E-state index contributed by atoms with van der Waals surface area (Å²) in [5.74, 6) is 0.760. The smallest absolute Gasteiger partial charge is 0.191 e. The average molecular weight is 263 g/mol. The highest BCUT2D eigenvalue weighted by Gasteiger charge is 2.06. The van der Waals surface area contributed by atoms with Gasteiger partial charge in [-0.2, -0.15) is 0 Å². The van der Waals surface area contributed by atoms with Crippen molar-refractivity contribution in [3.63, 3.8) is 0 Å². The van der Waals surface area contributed by atoms with E-state index in [0.29, 0.717) is 6.54 Å². The Morgan fingerprint density at radius 1 is 1.21 bits per heavy atom. The summed E-state index contributed by atoms with van der Waals surface area (Å²) < 4.78 is 0. The van der Waals surface area contributed by atoms with E-state index in [9.17, 15) is 5.11 Å². The van der Waals surface area contributed by atoms with E-state index in [4.69, 9.17) is 0 Å². The van der Waals surface area contributed by atoms with E-state index in [1.807, 2.05) is 38.1 Å². The van der Waals surface area contributed by atoms with Crippen molar-refractivity contribution in [3.05, 3.63) is 35.4 Å². The van der Waals surface area contributed by atoms with E-state index in [0.717, 1.165) is 31.0 Å². The Kier molecular flexibility index (Phi) is 6.97. The second kappa shape index (κ2) is 8.53. The average Bonchev–Trinajstić information content (AvgIpc) is 2.42. The molecule has 1 atom stereocenters. The third-order valence-corrected chi connectivity index (χ3v) is 2.77. The standard InChI is InChI=1S/C15H25N3O/c1-4-10-17-15(16-5-2)18-11-14(19)13-8-6-12(3)7-9-13/h6-9,14,19H,4-5,10-11H2,1-3H3,(H2,16,17,18). The van der Waals surface area contributed by atoms with Crippen LogP contribution in [0.5, 0.6) is 0 Å². The number of benzene rings is 1. The van der Waals surface area contributed by atoms with Gasteiger partial charge in [0.15, 0.2) is 5.96 Å². The van der Waals surface area contributed by atoms with Crippen molar-refractivity contribution < 1.29 is 5.11 Å². The molecule has 19 heavy (non-hydrogen) atoms. The fourth-order valence-electron chi connectivity index (χ4n) is 1.66. The minimum Gasteiger partial charge on any atom is -0.386 e. The molecule has 1 aromatic carbocycles. The van der Waals surface area contributed by atoms with Crippen LogP contribution in [0.25, 0.3) is 0 Å². The predicted molar refractivity (Wildman–Crippen MR) is 80.4 cm³/mol. The third-order valence-electron chi connectivity index (χ3n) is 2.77. The minimum absolute atomic E-state index is 0.363. The van der Waals surface area contributed by atoms with Crippen LogP contribution in [0.15, 0.2) is 29.3 Å². The molecule has 0 heterocycles. The first-order chi connectivity index (χ1) is 9.17. The summed E-state index contributed by atoms with van der Waals surface area (Å²) in [4.78, 5) is 4.39. The molecule has 1 rings (SSSR count). The van der Waals surface area contributed by atoms with Crippen LogP contribution >= 0.6 is 0 Å². The molecule has 3 N–H and O–H groups in total. The van der Waals surface area contributed by atoms with Gasteiger partial charge in [-0.25, -0.2) is 0 Å². The van der Waals surface area contributed by atoms with E-state index >= 15 is 0 Å².